The van der Waals surface area contributed by atoms with E-state index in [0.717, 1.165) is 44.1 Å². The van der Waals surface area contributed by atoms with Crippen molar-refractivity contribution in [3.8, 4) is 0 Å². The van der Waals surface area contributed by atoms with Crippen molar-refractivity contribution in [2.24, 2.45) is 0 Å². The highest BCUT2D eigenvalue weighted by molar-refractivity contribution is 5.85. The minimum absolute atomic E-state index is 0. The van der Waals surface area contributed by atoms with Crippen LogP contribution in [-0.2, 0) is 12.6 Å². The highest BCUT2D eigenvalue weighted by Gasteiger charge is 2.30. The molecule has 0 aliphatic carbocycles. The van der Waals surface area contributed by atoms with E-state index in [1.54, 1.807) is 6.07 Å². The van der Waals surface area contributed by atoms with E-state index in [1.165, 1.54) is 23.3 Å². The molecule has 0 saturated heterocycles. The van der Waals surface area contributed by atoms with E-state index in [0.29, 0.717) is 11.5 Å². The van der Waals surface area contributed by atoms with Gasteiger partial charge in [-0.1, -0.05) is 56.3 Å². The molecule has 2 aromatic carbocycles. The first kappa shape index (κ1) is 22.5. The minimum Gasteiger partial charge on any atom is -0.299 e. The summed E-state index contributed by atoms with van der Waals surface area (Å²) in [6, 6.07) is 14.4. The second-order valence-corrected chi connectivity index (χ2v) is 7.50. The van der Waals surface area contributed by atoms with Crippen LogP contribution < -0.4 is 0 Å². The van der Waals surface area contributed by atoms with Crippen molar-refractivity contribution in [1.82, 2.24) is 4.90 Å². The summed E-state index contributed by atoms with van der Waals surface area (Å²) < 4.78 is 38.7. The summed E-state index contributed by atoms with van der Waals surface area (Å²) in [6.45, 7) is 7.02. The predicted octanol–water partition coefficient (Wildman–Crippen LogP) is 6.58. The molecule has 0 spiro atoms. The van der Waals surface area contributed by atoms with Gasteiger partial charge in [0, 0.05) is 19.6 Å². The molecule has 0 bridgehead atoms. The Bertz CT molecular complexity index is 794. The predicted molar refractivity (Wildman–Crippen MR) is 112 cm³/mol. The maximum atomic E-state index is 12.9. The van der Waals surface area contributed by atoms with Crippen LogP contribution in [0.2, 0.25) is 0 Å². The highest BCUT2D eigenvalue weighted by atomic mass is 35.5. The quantitative estimate of drug-likeness (QED) is 0.539. The maximum absolute atomic E-state index is 12.9. The van der Waals surface area contributed by atoms with Crippen molar-refractivity contribution in [2.75, 3.05) is 19.6 Å². The number of benzene rings is 2. The van der Waals surface area contributed by atoms with Crippen LogP contribution in [0, 0.1) is 0 Å². The van der Waals surface area contributed by atoms with Crippen molar-refractivity contribution < 1.29 is 13.2 Å². The molecule has 1 nitrogen and oxygen atoms in total. The number of halogens is 4. The van der Waals surface area contributed by atoms with Gasteiger partial charge in [0.25, 0.3) is 0 Å². The number of hydrogen-bond donors (Lipinski definition) is 0. The number of hydrogen-bond acceptors (Lipinski definition) is 1. The molecule has 3 rings (SSSR count). The lowest BCUT2D eigenvalue weighted by Gasteiger charge is -2.26. The monoisotopic (exact) mass is 409 g/mol. The van der Waals surface area contributed by atoms with Crippen molar-refractivity contribution in [1.29, 1.82) is 0 Å². The highest BCUT2D eigenvalue weighted by Crippen LogP contribution is 2.32. The Morgan fingerprint density at radius 3 is 2.32 bits per heavy atom. The summed E-state index contributed by atoms with van der Waals surface area (Å²) in [4.78, 5) is 2.35. The molecule has 0 aromatic heterocycles. The fourth-order valence-electron chi connectivity index (χ4n) is 3.43. The molecule has 0 N–H and O–H groups in total. The largest absolute Gasteiger partial charge is 0.416 e. The lowest BCUT2D eigenvalue weighted by atomic mass is 9.97. The van der Waals surface area contributed by atoms with Gasteiger partial charge in [0.05, 0.1) is 5.56 Å². The molecule has 152 valence electrons. The molecule has 0 fully saturated rings. The van der Waals surface area contributed by atoms with Crippen molar-refractivity contribution in [2.45, 2.75) is 38.8 Å². The van der Waals surface area contributed by atoms with Crippen LogP contribution in [0.1, 0.15) is 48.4 Å². The molecular formula is C23H27ClF3N. The van der Waals surface area contributed by atoms with Crippen molar-refractivity contribution >= 4 is 18.0 Å². The molecule has 1 aliphatic heterocycles. The third-order valence-electron chi connectivity index (χ3n) is 5.22. The summed E-state index contributed by atoms with van der Waals surface area (Å²) in [5, 5.41) is 0. The summed E-state index contributed by atoms with van der Waals surface area (Å²) in [5.41, 5.74) is 3.80. The van der Waals surface area contributed by atoms with E-state index >= 15 is 0 Å². The van der Waals surface area contributed by atoms with Crippen LogP contribution in [0.3, 0.4) is 0 Å². The van der Waals surface area contributed by atoms with E-state index in [-0.39, 0.29) is 12.4 Å². The molecule has 5 heteroatoms. The van der Waals surface area contributed by atoms with E-state index in [1.807, 2.05) is 0 Å². The summed E-state index contributed by atoms with van der Waals surface area (Å²) in [6.07, 6.45) is -0.443. The topological polar surface area (TPSA) is 3.24 Å². The van der Waals surface area contributed by atoms with Gasteiger partial charge < -0.3 is 0 Å². The van der Waals surface area contributed by atoms with Gasteiger partial charge in [-0.2, -0.15) is 13.2 Å². The first-order chi connectivity index (χ1) is 12.8. The minimum atomic E-state index is -4.29. The Hall–Kier alpha value is -1.78. The molecular weight excluding hydrogens is 383 g/mol. The Morgan fingerprint density at radius 1 is 1.04 bits per heavy atom. The number of rotatable bonds is 5. The average Bonchev–Trinajstić information content (AvgIpc) is 2.66. The van der Waals surface area contributed by atoms with E-state index < -0.39 is 11.7 Å². The summed E-state index contributed by atoms with van der Waals surface area (Å²) in [5.74, 6) is 0.542. The number of nitrogens with zero attached hydrogens (tertiary/aromatic N) is 1. The van der Waals surface area contributed by atoms with E-state index in [2.05, 4.69) is 49.1 Å². The van der Waals surface area contributed by atoms with Crippen LogP contribution >= 0.6 is 12.4 Å². The van der Waals surface area contributed by atoms with Gasteiger partial charge in [0.1, 0.15) is 0 Å². The Kier molecular flexibility index (Phi) is 7.73. The van der Waals surface area contributed by atoms with Gasteiger partial charge in [-0.05, 0) is 53.2 Å². The molecule has 1 aliphatic rings. The first-order valence-corrected chi connectivity index (χ1v) is 9.51. The lowest BCUT2D eigenvalue weighted by molar-refractivity contribution is -0.137. The third kappa shape index (κ3) is 5.86. The molecule has 1 heterocycles. The molecule has 28 heavy (non-hydrogen) atoms. The fourth-order valence-corrected chi connectivity index (χ4v) is 3.43. The standard InChI is InChI=1S/C23H26F3N.ClH/c1-17(2)19-8-6-18(7-9-19)10-13-27-14-11-20(12-15-27)21-4-3-5-22(16-21)23(24,25)26;/h3-9,11,16-17H,10,12-15H2,1-2H3;1H. The molecule has 0 atom stereocenters. The number of alkyl halides is 3. The van der Waals surface area contributed by atoms with Gasteiger partial charge in [-0.25, -0.2) is 0 Å². The molecule has 0 saturated carbocycles. The van der Waals surface area contributed by atoms with Crippen molar-refractivity contribution in [3.05, 3.63) is 76.9 Å². The average molecular weight is 410 g/mol. The van der Waals surface area contributed by atoms with Gasteiger partial charge in [-0.15, -0.1) is 12.4 Å². The molecule has 0 amide bonds. The van der Waals surface area contributed by atoms with E-state index in [9.17, 15) is 13.2 Å². The van der Waals surface area contributed by atoms with Gasteiger partial charge in [0.2, 0.25) is 0 Å². The smallest absolute Gasteiger partial charge is 0.299 e. The molecule has 0 radical (unpaired) electrons. The Balaban J connectivity index is 0.00000280. The molecule has 0 unspecified atom stereocenters. The Morgan fingerprint density at radius 2 is 1.75 bits per heavy atom. The van der Waals surface area contributed by atoms with Crippen LogP contribution in [-0.4, -0.2) is 24.5 Å². The molecule has 2 aromatic rings. The van der Waals surface area contributed by atoms with Crippen LogP contribution in [0.25, 0.3) is 5.57 Å². The van der Waals surface area contributed by atoms with Gasteiger partial charge in [0.15, 0.2) is 0 Å². The lowest BCUT2D eigenvalue weighted by Crippen LogP contribution is -2.30. The van der Waals surface area contributed by atoms with E-state index in [4.69, 9.17) is 0 Å². The van der Waals surface area contributed by atoms with Crippen LogP contribution in [0.15, 0.2) is 54.6 Å². The second-order valence-electron chi connectivity index (χ2n) is 7.50. The normalized spacial score (nSPS) is 15.3. The zero-order chi connectivity index (χ0) is 19.4. The summed E-state index contributed by atoms with van der Waals surface area (Å²) >= 11 is 0. The zero-order valence-corrected chi connectivity index (χ0v) is 17.1. The van der Waals surface area contributed by atoms with Gasteiger partial charge >= 0.3 is 6.18 Å². The Labute approximate surface area is 171 Å². The van der Waals surface area contributed by atoms with Crippen LogP contribution in [0.5, 0.6) is 0 Å². The van der Waals surface area contributed by atoms with Crippen molar-refractivity contribution in [3.63, 3.8) is 0 Å². The second kappa shape index (κ2) is 9.62. The van der Waals surface area contributed by atoms with Gasteiger partial charge in [-0.3, -0.25) is 4.90 Å². The first-order valence-electron chi connectivity index (χ1n) is 9.51. The SMILES string of the molecule is CC(C)c1ccc(CCN2CC=C(c3cccc(C(F)(F)F)c3)CC2)cc1.Cl. The third-order valence-corrected chi connectivity index (χ3v) is 5.22. The zero-order valence-electron chi connectivity index (χ0n) is 16.3. The summed E-state index contributed by atoms with van der Waals surface area (Å²) in [7, 11) is 0. The fraction of sp³-hybridized carbons (Fsp3) is 0.391. The maximum Gasteiger partial charge on any atom is 0.416 e. The van der Waals surface area contributed by atoms with Crippen LogP contribution in [0.4, 0.5) is 13.2 Å².